The molecule has 0 saturated heterocycles. The maximum atomic E-state index is 11.9. The third-order valence-electron chi connectivity index (χ3n) is 2.77. The summed E-state index contributed by atoms with van der Waals surface area (Å²) in [7, 11) is 0. The number of anilines is 1. The third kappa shape index (κ3) is 4.68. The largest absolute Gasteiger partial charge is 0.349 e. The lowest BCUT2D eigenvalue weighted by Gasteiger charge is -2.13. The fourth-order valence-electron chi connectivity index (χ4n) is 1.81. The fourth-order valence-corrected chi connectivity index (χ4v) is 2.49. The average Bonchev–Trinajstić information content (AvgIpc) is 2.84. The van der Waals surface area contributed by atoms with E-state index in [0.717, 1.165) is 4.88 Å². The van der Waals surface area contributed by atoms with Gasteiger partial charge in [0.1, 0.15) is 0 Å². The summed E-state index contributed by atoms with van der Waals surface area (Å²) < 4.78 is 0. The van der Waals surface area contributed by atoms with Gasteiger partial charge >= 0.3 is 0 Å². The van der Waals surface area contributed by atoms with Crippen molar-refractivity contribution in [3.63, 3.8) is 0 Å². The van der Waals surface area contributed by atoms with E-state index in [1.807, 2.05) is 13.0 Å². The highest BCUT2D eigenvalue weighted by Gasteiger charge is 2.14. The Balaban J connectivity index is 1.82. The second kappa shape index (κ2) is 6.99. The highest BCUT2D eigenvalue weighted by Crippen LogP contribution is 2.16. The van der Waals surface area contributed by atoms with Gasteiger partial charge in [-0.05, 0) is 26.0 Å². The first-order valence-electron chi connectivity index (χ1n) is 6.63. The minimum Gasteiger partial charge on any atom is -0.349 e. The fraction of sp³-hybridized carbons (Fsp3) is 0.267. The molecule has 1 aromatic carbocycles. The lowest BCUT2D eigenvalue weighted by Crippen LogP contribution is -2.35. The van der Waals surface area contributed by atoms with Crippen LogP contribution in [0.15, 0.2) is 36.5 Å². The Morgan fingerprint density at radius 1 is 1.29 bits per heavy atom. The summed E-state index contributed by atoms with van der Waals surface area (Å²) >= 11 is 1.42. The lowest BCUT2D eigenvalue weighted by molar-refractivity contribution is -0.116. The first-order valence-corrected chi connectivity index (χ1v) is 7.44. The number of amides is 2. The predicted octanol–water partition coefficient (Wildman–Crippen LogP) is 2.60. The summed E-state index contributed by atoms with van der Waals surface area (Å²) in [6.45, 7) is 3.73. The van der Waals surface area contributed by atoms with Crippen molar-refractivity contribution < 1.29 is 9.59 Å². The van der Waals surface area contributed by atoms with Crippen LogP contribution in [0.3, 0.4) is 0 Å². The molecule has 2 N–H and O–H groups in total. The molecule has 1 unspecified atom stereocenters. The molecule has 2 amide bonds. The summed E-state index contributed by atoms with van der Waals surface area (Å²) in [6, 6.07) is 8.68. The molecule has 5 nitrogen and oxygen atoms in total. The number of thiazole rings is 1. The Bertz CT molecular complexity index is 625. The van der Waals surface area contributed by atoms with Gasteiger partial charge < -0.3 is 10.6 Å². The molecule has 0 aliphatic carbocycles. The number of nitrogens with one attached hydrogen (secondary N) is 2. The minimum atomic E-state index is -0.251. The Hall–Kier alpha value is -2.21. The molecule has 0 saturated carbocycles. The topological polar surface area (TPSA) is 71.1 Å². The SMILES string of the molecule is Cc1cnc(NC(=O)CC(C)NC(=O)c2ccccc2)s1. The van der Waals surface area contributed by atoms with Gasteiger partial charge in [0, 0.05) is 29.1 Å². The summed E-state index contributed by atoms with van der Waals surface area (Å²) in [5.74, 6) is -0.341. The molecule has 0 aliphatic heterocycles. The molecule has 110 valence electrons. The number of benzene rings is 1. The van der Waals surface area contributed by atoms with Gasteiger partial charge in [0.15, 0.2) is 5.13 Å². The molecule has 1 atom stereocenters. The van der Waals surface area contributed by atoms with Gasteiger partial charge in [-0.1, -0.05) is 18.2 Å². The van der Waals surface area contributed by atoms with Gasteiger partial charge in [-0.2, -0.15) is 0 Å². The molecule has 2 aromatic rings. The smallest absolute Gasteiger partial charge is 0.251 e. The summed E-state index contributed by atoms with van der Waals surface area (Å²) in [6.07, 6.45) is 1.91. The zero-order valence-electron chi connectivity index (χ0n) is 11.9. The van der Waals surface area contributed by atoms with Crippen molar-refractivity contribution in [3.8, 4) is 0 Å². The lowest BCUT2D eigenvalue weighted by atomic mass is 10.1. The Morgan fingerprint density at radius 3 is 2.62 bits per heavy atom. The molecule has 0 radical (unpaired) electrons. The monoisotopic (exact) mass is 303 g/mol. The highest BCUT2D eigenvalue weighted by molar-refractivity contribution is 7.15. The highest BCUT2D eigenvalue weighted by atomic mass is 32.1. The number of aryl methyl sites for hydroxylation is 1. The third-order valence-corrected chi connectivity index (χ3v) is 3.60. The maximum absolute atomic E-state index is 11.9. The summed E-state index contributed by atoms with van der Waals surface area (Å²) in [5, 5.41) is 6.11. The number of hydrogen-bond acceptors (Lipinski definition) is 4. The zero-order chi connectivity index (χ0) is 15.2. The van der Waals surface area contributed by atoms with Crippen LogP contribution in [0, 0.1) is 6.92 Å². The zero-order valence-corrected chi connectivity index (χ0v) is 12.7. The molecule has 6 heteroatoms. The van der Waals surface area contributed by atoms with Crippen LogP contribution < -0.4 is 10.6 Å². The van der Waals surface area contributed by atoms with E-state index in [4.69, 9.17) is 0 Å². The molecule has 0 spiro atoms. The van der Waals surface area contributed by atoms with Gasteiger partial charge in [0.2, 0.25) is 5.91 Å². The van der Waals surface area contributed by atoms with E-state index in [1.165, 1.54) is 11.3 Å². The Morgan fingerprint density at radius 2 is 2.00 bits per heavy atom. The summed E-state index contributed by atoms with van der Waals surface area (Å²) in [5.41, 5.74) is 0.584. The van der Waals surface area contributed by atoms with Crippen LogP contribution in [0.2, 0.25) is 0 Å². The first-order chi connectivity index (χ1) is 10.0. The van der Waals surface area contributed by atoms with Crippen LogP contribution in [0.25, 0.3) is 0 Å². The van der Waals surface area contributed by atoms with E-state index in [-0.39, 0.29) is 24.3 Å². The number of carbonyl (C=O) groups excluding carboxylic acids is 2. The Kier molecular flexibility index (Phi) is 5.05. The van der Waals surface area contributed by atoms with Crippen molar-refractivity contribution in [2.75, 3.05) is 5.32 Å². The van der Waals surface area contributed by atoms with Crippen LogP contribution in [0.4, 0.5) is 5.13 Å². The molecule has 1 heterocycles. The van der Waals surface area contributed by atoms with Gasteiger partial charge in [-0.3, -0.25) is 9.59 Å². The van der Waals surface area contributed by atoms with Gasteiger partial charge in [-0.25, -0.2) is 4.98 Å². The van der Waals surface area contributed by atoms with Crippen molar-refractivity contribution in [1.82, 2.24) is 10.3 Å². The number of aromatic nitrogens is 1. The van der Waals surface area contributed by atoms with Crippen LogP contribution in [-0.2, 0) is 4.79 Å². The van der Waals surface area contributed by atoms with E-state index in [9.17, 15) is 9.59 Å². The van der Waals surface area contributed by atoms with Crippen molar-refractivity contribution in [2.45, 2.75) is 26.3 Å². The molecule has 0 bridgehead atoms. The van der Waals surface area contributed by atoms with Crippen molar-refractivity contribution in [2.24, 2.45) is 0 Å². The van der Waals surface area contributed by atoms with E-state index in [2.05, 4.69) is 15.6 Å². The van der Waals surface area contributed by atoms with Crippen LogP contribution in [0.5, 0.6) is 0 Å². The molecule has 0 aliphatic rings. The van der Waals surface area contributed by atoms with E-state index >= 15 is 0 Å². The molecular weight excluding hydrogens is 286 g/mol. The van der Waals surface area contributed by atoms with E-state index in [1.54, 1.807) is 37.4 Å². The molecule has 21 heavy (non-hydrogen) atoms. The number of carbonyl (C=O) groups is 2. The molecular formula is C15H17N3O2S. The predicted molar refractivity (Wildman–Crippen MR) is 83.5 cm³/mol. The quantitative estimate of drug-likeness (QED) is 0.892. The van der Waals surface area contributed by atoms with Gasteiger partial charge in [0.25, 0.3) is 5.91 Å². The second-order valence-electron chi connectivity index (χ2n) is 4.77. The number of nitrogens with zero attached hydrogens (tertiary/aromatic N) is 1. The van der Waals surface area contributed by atoms with E-state index in [0.29, 0.717) is 10.7 Å². The first kappa shape index (κ1) is 15.2. The minimum absolute atomic E-state index is 0.162. The van der Waals surface area contributed by atoms with Gasteiger partial charge in [0.05, 0.1) is 0 Å². The number of hydrogen-bond donors (Lipinski definition) is 2. The van der Waals surface area contributed by atoms with Crippen molar-refractivity contribution in [1.29, 1.82) is 0 Å². The standard InChI is InChI=1S/C15H17N3O2S/c1-10(17-14(20)12-6-4-3-5-7-12)8-13(19)18-15-16-9-11(2)21-15/h3-7,9-10H,8H2,1-2H3,(H,17,20)(H,16,18,19). The molecule has 1 aromatic heterocycles. The van der Waals surface area contributed by atoms with Gasteiger partial charge in [-0.15, -0.1) is 11.3 Å². The van der Waals surface area contributed by atoms with Crippen LogP contribution in [-0.4, -0.2) is 22.8 Å². The Labute approximate surface area is 127 Å². The number of rotatable bonds is 5. The van der Waals surface area contributed by atoms with E-state index < -0.39 is 0 Å². The second-order valence-corrected chi connectivity index (χ2v) is 6.00. The van der Waals surface area contributed by atoms with Crippen LogP contribution >= 0.6 is 11.3 Å². The normalized spacial score (nSPS) is 11.7. The average molecular weight is 303 g/mol. The van der Waals surface area contributed by atoms with Crippen LogP contribution in [0.1, 0.15) is 28.6 Å². The van der Waals surface area contributed by atoms with Crippen molar-refractivity contribution >= 4 is 28.3 Å². The summed E-state index contributed by atoms with van der Waals surface area (Å²) in [4.78, 5) is 28.9. The molecule has 2 rings (SSSR count). The van der Waals surface area contributed by atoms with Crippen molar-refractivity contribution in [3.05, 3.63) is 47.0 Å². The maximum Gasteiger partial charge on any atom is 0.251 e. The molecule has 0 fully saturated rings.